The van der Waals surface area contributed by atoms with Crippen LogP contribution in [0.3, 0.4) is 0 Å². The summed E-state index contributed by atoms with van der Waals surface area (Å²) in [4.78, 5) is 10.9. The normalized spacial score (nSPS) is 15.2. The summed E-state index contributed by atoms with van der Waals surface area (Å²) in [6.45, 7) is 7.82. The van der Waals surface area contributed by atoms with Gasteiger partial charge in [-0.15, -0.1) is 0 Å². The first kappa shape index (κ1) is 12.8. The van der Waals surface area contributed by atoms with Crippen molar-refractivity contribution in [3.8, 4) is 0 Å². The van der Waals surface area contributed by atoms with Crippen molar-refractivity contribution in [3.63, 3.8) is 0 Å². The maximum absolute atomic E-state index is 9.00. The van der Waals surface area contributed by atoms with Crippen molar-refractivity contribution < 1.29 is 5.11 Å². The molecule has 2 aromatic rings. The molecule has 2 N–H and O–H groups in total. The zero-order valence-corrected chi connectivity index (χ0v) is 11.0. The first-order valence-corrected chi connectivity index (χ1v) is 6.31. The highest BCUT2D eigenvalue weighted by atomic mass is 16.3. The van der Waals surface area contributed by atoms with Gasteiger partial charge < -0.3 is 10.0 Å². The highest BCUT2D eigenvalue weighted by Gasteiger charge is 2.28. The molecule has 3 heterocycles. The molecule has 1 aliphatic rings. The molecule has 0 atom stereocenters. The fraction of sp³-hybridized carbons (Fsp3) is 0.583. The number of fused-ring (bicyclic) bond motifs is 1. The quantitative estimate of drug-likeness (QED) is 0.833. The molecule has 0 aliphatic carbocycles. The third-order valence-corrected chi connectivity index (χ3v) is 2.92. The van der Waals surface area contributed by atoms with Crippen LogP contribution in [0.5, 0.6) is 0 Å². The first-order valence-electron chi connectivity index (χ1n) is 6.31. The van der Waals surface area contributed by atoms with Crippen molar-refractivity contribution in [2.24, 2.45) is 5.92 Å². The number of hydrogen-bond donors (Lipinski definition) is 2. The summed E-state index contributed by atoms with van der Waals surface area (Å²) in [6.07, 6.45) is 1.75. The minimum Gasteiger partial charge on any atom is -0.396 e. The molecule has 0 radical (unpaired) electrons. The summed E-state index contributed by atoms with van der Waals surface area (Å²) in [5, 5.41) is 16.8. The van der Waals surface area contributed by atoms with Gasteiger partial charge in [0.15, 0.2) is 5.65 Å². The lowest BCUT2D eigenvalue weighted by Crippen LogP contribution is -2.49. The van der Waals surface area contributed by atoms with Crippen LogP contribution in [0.4, 0.5) is 5.82 Å². The molecule has 18 heavy (non-hydrogen) atoms. The molecule has 0 unspecified atom stereocenters. The molecule has 6 heteroatoms. The Kier molecular flexibility index (Phi) is 3.76. The number of nitrogens with zero attached hydrogens (tertiary/aromatic N) is 4. The standard InChI is InChI=1S/C10H13N5O.C2H6/c1-6-12-9-8(2-11-14-9)10(13-6)15-3-7(4-15)5-16;1-2/h2,7,16H,3-5H2,1H3,(H,11,12,13,14);1-2H3. The molecular formula is C12H19N5O. The molecule has 0 saturated carbocycles. The largest absolute Gasteiger partial charge is 0.396 e. The fourth-order valence-corrected chi connectivity index (χ4v) is 2.03. The molecule has 98 valence electrons. The van der Waals surface area contributed by atoms with Gasteiger partial charge in [0.05, 0.1) is 11.6 Å². The SMILES string of the molecule is CC.Cc1nc(N2CC(CO)C2)c2cn[nH]c2n1. The van der Waals surface area contributed by atoms with Crippen LogP contribution >= 0.6 is 0 Å². The lowest BCUT2D eigenvalue weighted by atomic mass is 10.0. The van der Waals surface area contributed by atoms with Crippen molar-refractivity contribution in [3.05, 3.63) is 12.0 Å². The van der Waals surface area contributed by atoms with Crippen molar-refractivity contribution in [2.75, 3.05) is 24.6 Å². The highest BCUT2D eigenvalue weighted by molar-refractivity contribution is 5.86. The van der Waals surface area contributed by atoms with Crippen LogP contribution in [-0.2, 0) is 0 Å². The Balaban J connectivity index is 0.000000574. The molecular weight excluding hydrogens is 230 g/mol. The first-order chi connectivity index (χ1) is 8.78. The number of aliphatic hydroxyl groups excluding tert-OH is 1. The van der Waals surface area contributed by atoms with Gasteiger partial charge >= 0.3 is 0 Å². The molecule has 2 aromatic heterocycles. The third kappa shape index (κ3) is 2.15. The highest BCUT2D eigenvalue weighted by Crippen LogP contribution is 2.28. The lowest BCUT2D eigenvalue weighted by molar-refractivity contribution is 0.200. The Labute approximate surface area is 106 Å². The minimum absolute atomic E-state index is 0.245. The molecule has 0 spiro atoms. The average molecular weight is 249 g/mol. The van der Waals surface area contributed by atoms with Gasteiger partial charge in [-0.25, -0.2) is 9.97 Å². The zero-order valence-electron chi connectivity index (χ0n) is 11.0. The minimum atomic E-state index is 0.245. The van der Waals surface area contributed by atoms with Crippen molar-refractivity contribution in [1.29, 1.82) is 0 Å². The summed E-state index contributed by atoms with van der Waals surface area (Å²) < 4.78 is 0. The number of aryl methyl sites for hydroxylation is 1. The van der Waals surface area contributed by atoms with E-state index in [2.05, 4.69) is 25.1 Å². The predicted octanol–water partition coefficient (Wildman–Crippen LogP) is 1.12. The predicted molar refractivity (Wildman–Crippen MR) is 70.6 cm³/mol. The Morgan fingerprint density at radius 3 is 2.78 bits per heavy atom. The lowest BCUT2D eigenvalue weighted by Gasteiger charge is -2.39. The number of aliphatic hydroxyl groups is 1. The van der Waals surface area contributed by atoms with Crippen LogP contribution in [0.1, 0.15) is 19.7 Å². The molecule has 1 aliphatic heterocycles. The summed E-state index contributed by atoms with van der Waals surface area (Å²) in [5.74, 6) is 2.03. The van der Waals surface area contributed by atoms with E-state index in [1.807, 2.05) is 20.8 Å². The summed E-state index contributed by atoms with van der Waals surface area (Å²) >= 11 is 0. The van der Waals surface area contributed by atoms with E-state index in [0.717, 1.165) is 35.8 Å². The van der Waals surface area contributed by atoms with Crippen LogP contribution in [-0.4, -0.2) is 45.0 Å². The maximum atomic E-state index is 9.00. The van der Waals surface area contributed by atoms with E-state index >= 15 is 0 Å². The molecule has 1 saturated heterocycles. The number of hydrogen-bond acceptors (Lipinski definition) is 5. The topological polar surface area (TPSA) is 77.9 Å². The Hall–Kier alpha value is -1.69. The van der Waals surface area contributed by atoms with Gasteiger partial charge in [0.2, 0.25) is 0 Å². The van der Waals surface area contributed by atoms with E-state index in [1.165, 1.54) is 0 Å². The van der Waals surface area contributed by atoms with Gasteiger partial charge in [0.1, 0.15) is 11.6 Å². The van der Waals surface area contributed by atoms with E-state index in [4.69, 9.17) is 5.11 Å². The van der Waals surface area contributed by atoms with E-state index < -0.39 is 0 Å². The van der Waals surface area contributed by atoms with Gasteiger partial charge in [-0.3, -0.25) is 5.10 Å². The summed E-state index contributed by atoms with van der Waals surface area (Å²) in [6, 6.07) is 0. The average Bonchev–Trinajstić information content (AvgIpc) is 2.78. The number of aromatic amines is 1. The Bertz CT molecular complexity index is 518. The molecule has 0 aromatic carbocycles. The molecule has 0 amide bonds. The Morgan fingerprint density at radius 2 is 2.11 bits per heavy atom. The maximum Gasteiger partial charge on any atom is 0.161 e. The van der Waals surface area contributed by atoms with Crippen molar-refractivity contribution >= 4 is 16.9 Å². The van der Waals surface area contributed by atoms with Gasteiger partial charge in [0.25, 0.3) is 0 Å². The second-order valence-corrected chi connectivity index (χ2v) is 4.18. The van der Waals surface area contributed by atoms with Gasteiger partial charge in [-0.1, -0.05) is 13.8 Å². The van der Waals surface area contributed by atoms with Crippen molar-refractivity contribution in [1.82, 2.24) is 20.2 Å². The van der Waals surface area contributed by atoms with Crippen LogP contribution in [0.2, 0.25) is 0 Å². The smallest absolute Gasteiger partial charge is 0.161 e. The molecule has 0 bridgehead atoms. The van der Waals surface area contributed by atoms with Crippen LogP contribution in [0.15, 0.2) is 6.20 Å². The molecule has 3 rings (SSSR count). The molecule has 6 nitrogen and oxygen atoms in total. The van der Waals surface area contributed by atoms with E-state index in [9.17, 15) is 0 Å². The van der Waals surface area contributed by atoms with Crippen LogP contribution in [0.25, 0.3) is 11.0 Å². The number of nitrogens with one attached hydrogen (secondary N) is 1. The van der Waals surface area contributed by atoms with Gasteiger partial charge in [0, 0.05) is 25.6 Å². The van der Waals surface area contributed by atoms with E-state index in [0.29, 0.717) is 5.92 Å². The second-order valence-electron chi connectivity index (χ2n) is 4.18. The van der Waals surface area contributed by atoms with Gasteiger partial charge in [-0.2, -0.15) is 5.10 Å². The summed E-state index contributed by atoms with van der Waals surface area (Å²) in [7, 11) is 0. The Morgan fingerprint density at radius 1 is 1.39 bits per heavy atom. The fourth-order valence-electron chi connectivity index (χ4n) is 2.03. The van der Waals surface area contributed by atoms with Crippen LogP contribution in [0, 0.1) is 12.8 Å². The van der Waals surface area contributed by atoms with Gasteiger partial charge in [-0.05, 0) is 6.92 Å². The zero-order chi connectivity index (χ0) is 13.1. The molecule has 1 fully saturated rings. The van der Waals surface area contributed by atoms with E-state index in [1.54, 1.807) is 6.20 Å². The number of anilines is 1. The monoisotopic (exact) mass is 249 g/mol. The number of rotatable bonds is 2. The van der Waals surface area contributed by atoms with E-state index in [-0.39, 0.29) is 6.61 Å². The van der Waals surface area contributed by atoms with Crippen LogP contribution < -0.4 is 4.90 Å². The number of aromatic nitrogens is 4. The third-order valence-electron chi connectivity index (χ3n) is 2.92. The second kappa shape index (κ2) is 5.30. The number of H-pyrrole nitrogens is 1. The summed E-state index contributed by atoms with van der Waals surface area (Å²) in [5.41, 5.74) is 0.773. The van der Waals surface area contributed by atoms with Crippen molar-refractivity contribution in [2.45, 2.75) is 20.8 Å².